The number of aromatic nitrogens is 1. The molecule has 30 heavy (non-hydrogen) atoms. The fourth-order valence-electron chi connectivity index (χ4n) is 2.76. The molecule has 1 aromatic heterocycles. The first-order valence-corrected chi connectivity index (χ1v) is 10.3. The van der Waals surface area contributed by atoms with Gasteiger partial charge in [0.25, 0.3) is 0 Å². The summed E-state index contributed by atoms with van der Waals surface area (Å²) in [5.74, 6) is 2.43. The van der Waals surface area contributed by atoms with Crippen LogP contribution in [0.2, 0.25) is 0 Å². The zero-order valence-electron chi connectivity index (χ0n) is 16.7. The quantitative estimate of drug-likeness (QED) is 0.271. The molecule has 0 amide bonds. The Morgan fingerprint density at radius 2 is 1.53 bits per heavy atom. The maximum atomic E-state index is 5.85. The van der Waals surface area contributed by atoms with Gasteiger partial charge >= 0.3 is 0 Å². The molecule has 4 aromatic rings. The second kappa shape index (κ2) is 9.24. The second-order valence-electron chi connectivity index (χ2n) is 6.50. The molecule has 4 rings (SSSR count). The lowest BCUT2D eigenvalue weighted by atomic mass is 10.2. The summed E-state index contributed by atoms with van der Waals surface area (Å²) in [6.07, 6.45) is 1.80. The van der Waals surface area contributed by atoms with Gasteiger partial charge in [0, 0.05) is 18.0 Å². The van der Waals surface area contributed by atoms with Gasteiger partial charge in [0.05, 0.1) is 19.0 Å². The van der Waals surface area contributed by atoms with Crippen molar-refractivity contribution in [1.29, 1.82) is 0 Å². The number of benzene rings is 3. The Morgan fingerprint density at radius 3 is 2.23 bits per heavy atom. The standard InChI is InChI=1S/C24H21N3O2S/c1-27(25-16-18-8-12-20(28-2)13-9-18)24-26-23(17-30-24)19-10-14-22(15-11-19)29-21-6-4-3-5-7-21/h3-17H,1-2H3/b25-16+. The molecule has 0 aliphatic heterocycles. The van der Waals surface area contributed by atoms with Crippen LogP contribution in [0.5, 0.6) is 17.2 Å². The van der Waals surface area contributed by atoms with E-state index in [0.717, 1.165) is 39.2 Å². The average molecular weight is 416 g/mol. The Hall–Kier alpha value is -3.64. The van der Waals surface area contributed by atoms with Crippen LogP contribution < -0.4 is 14.5 Å². The summed E-state index contributed by atoms with van der Waals surface area (Å²) in [6.45, 7) is 0. The lowest BCUT2D eigenvalue weighted by molar-refractivity contribution is 0.415. The molecule has 0 radical (unpaired) electrons. The van der Waals surface area contributed by atoms with Crippen molar-refractivity contribution in [3.05, 3.63) is 89.8 Å². The summed E-state index contributed by atoms with van der Waals surface area (Å²) in [5.41, 5.74) is 2.94. The van der Waals surface area contributed by atoms with E-state index < -0.39 is 0 Å². The van der Waals surface area contributed by atoms with Crippen molar-refractivity contribution >= 4 is 22.7 Å². The molecule has 3 aromatic carbocycles. The second-order valence-corrected chi connectivity index (χ2v) is 7.33. The Labute approximate surface area is 179 Å². The van der Waals surface area contributed by atoms with Gasteiger partial charge in [-0.25, -0.2) is 9.99 Å². The normalized spacial score (nSPS) is 10.9. The fourth-order valence-corrected chi connectivity index (χ4v) is 3.51. The van der Waals surface area contributed by atoms with Crippen molar-refractivity contribution < 1.29 is 9.47 Å². The number of ether oxygens (including phenoxy) is 2. The van der Waals surface area contributed by atoms with Crippen LogP contribution in [0, 0.1) is 0 Å². The molecule has 0 saturated carbocycles. The minimum Gasteiger partial charge on any atom is -0.497 e. The highest BCUT2D eigenvalue weighted by Crippen LogP contribution is 2.29. The van der Waals surface area contributed by atoms with Gasteiger partial charge in [-0.05, 0) is 66.2 Å². The SMILES string of the molecule is COc1ccc(/C=N/N(C)c2nc(-c3ccc(Oc4ccccc4)cc3)cs2)cc1. The van der Waals surface area contributed by atoms with Crippen molar-refractivity contribution in [2.45, 2.75) is 0 Å². The van der Waals surface area contributed by atoms with Gasteiger partial charge in [0.15, 0.2) is 0 Å². The number of hydrogen-bond donors (Lipinski definition) is 0. The molecule has 0 unspecified atom stereocenters. The number of nitrogens with zero attached hydrogens (tertiary/aromatic N) is 3. The molecular formula is C24H21N3O2S. The van der Waals surface area contributed by atoms with Gasteiger partial charge < -0.3 is 9.47 Å². The van der Waals surface area contributed by atoms with Gasteiger partial charge in [-0.2, -0.15) is 5.10 Å². The number of anilines is 1. The molecule has 0 bridgehead atoms. The minimum atomic E-state index is 0.793. The predicted molar refractivity (Wildman–Crippen MR) is 123 cm³/mol. The van der Waals surface area contributed by atoms with Crippen LogP contribution in [0.4, 0.5) is 5.13 Å². The summed E-state index contributed by atoms with van der Waals surface area (Å²) in [7, 11) is 3.54. The van der Waals surface area contributed by atoms with Crippen LogP contribution in [0.1, 0.15) is 5.56 Å². The van der Waals surface area contributed by atoms with Gasteiger partial charge in [0.1, 0.15) is 17.2 Å². The smallest absolute Gasteiger partial charge is 0.206 e. The highest BCUT2D eigenvalue weighted by atomic mass is 32.1. The van der Waals surface area contributed by atoms with E-state index in [1.807, 2.05) is 91.3 Å². The number of rotatable bonds is 7. The molecular weight excluding hydrogens is 394 g/mol. The molecule has 0 fully saturated rings. The molecule has 0 aliphatic rings. The van der Waals surface area contributed by atoms with Crippen LogP contribution >= 0.6 is 11.3 Å². The summed E-state index contributed by atoms with van der Waals surface area (Å²) in [6, 6.07) is 25.4. The zero-order valence-corrected chi connectivity index (χ0v) is 17.5. The summed E-state index contributed by atoms with van der Waals surface area (Å²) in [4.78, 5) is 4.70. The lowest BCUT2D eigenvalue weighted by Gasteiger charge is -2.08. The summed E-state index contributed by atoms with van der Waals surface area (Å²) < 4.78 is 11.0. The molecule has 5 nitrogen and oxygen atoms in total. The van der Waals surface area contributed by atoms with Crippen LogP contribution in [-0.2, 0) is 0 Å². The first kappa shape index (κ1) is 19.7. The van der Waals surface area contributed by atoms with E-state index in [9.17, 15) is 0 Å². The maximum absolute atomic E-state index is 5.85. The highest BCUT2D eigenvalue weighted by molar-refractivity contribution is 7.14. The largest absolute Gasteiger partial charge is 0.497 e. The third-order valence-electron chi connectivity index (χ3n) is 4.39. The summed E-state index contributed by atoms with van der Waals surface area (Å²) >= 11 is 1.55. The molecule has 150 valence electrons. The Kier molecular flexibility index (Phi) is 6.06. The van der Waals surface area contributed by atoms with Gasteiger partial charge in [0.2, 0.25) is 5.13 Å². The van der Waals surface area contributed by atoms with Gasteiger partial charge in [-0.1, -0.05) is 18.2 Å². The molecule has 1 heterocycles. The fraction of sp³-hybridized carbons (Fsp3) is 0.0833. The molecule has 0 saturated heterocycles. The average Bonchev–Trinajstić information content (AvgIpc) is 3.29. The minimum absolute atomic E-state index is 0.793. The molecule has 0 atom stereocenters. The third kappa shape index (κ3) is 4.85. The van der Waals surface area contributed by atoms with Crippen molar-refractivity contribution in [1.82, 2.24) is 4.98 Å². The zero-order chi connectivity index (χ0) is 20.8. The molecule has 0 N–H and O–H groups in total. The van der Waals surface area contributed by atoms with Crippen molar-refractivity contribution in [3.63, 3.8) is 0 Å². The van der Waals surface area contributed by atoms with E-state index in [2.05, 4.69) is 5.10 Å². The van der Waals surface area contributed by atoms with E-state index in [4.69, 9.17) is 14.5 Å². The van der Waals surface area contributed by atoms with E-state index in [0.29, 0.717) is 0 Å². The molecule has 0 spiro atoms. The molecule has 6 heteroatoms. The first-order valence-electron chi connectivity index (χ1n) is 9.42. The number of hydrazone groups is 1. The Morgan fingerprint density at radius 1 is 0.867 bits per heavy atom. The van der Waals surface area contributed by atoms with Crippen molar-refractivity contribution in [3.8, 4) is 28.5 Å². The predicted octanol–water partition coefficient (Wildman–Crippen LogP) is 6.08. The third-order valence-corrected chi connectivity index (χ3v) is 5.30. The van der Waals surface area contributed by atoms with E-state index in [1.54, 1.807) is 29.7 Å². The monoisotopic (exact) mass is 415 g/mol. The van der Waals surface area contributed by atoms with E-state index >= 15 is 0 Å². The van der Waals surface area contributed by atoms with Gasteiger partial charge in [-0.3, -0.25) is 0 Å². The van der Waals surface area contributed by atoms with E-state index in [1.165, 1.54) is 0 Å². The van der Waals surface area contributed by atoms with Crippen LogP contribution in [0.15, 0.2) is 89.3 Å². The van der Waals surface area contributed by atoms with Crippen LogP contribution in [0.3, 0.4) is 0 Å². The number of hydrogen-bond acceptors (Lipinski definition) is 6. The lowest BCUT2D eigenvalue weighted by Crippen LogP contribution is -2.08. The van der Waals surface area contributed by atoms with Crippen molar-refractivity contribution in [2.24, 2.45) is 5.10 Å². The first-order chi connectivity index (χ1) is 14.7. The maximum Gasteiger partial charge on any atom is 0.206 e. The highest BCUT2D eigenvalue weighted by Gasteiger charge is 2.08. The van der Waals surface area contributed by atoms with Crippen LogP contribution in [0.25, 0.3) is 11.3 Å². The molecule has 0 aliphatic carbocycles. The Bertz CT molecular complexity index is 1110. The number of thiazole rings is 1. The van der Waals surface area contributed by atoms with Gasteiger partial charge in [-0.15, -0.1) is 11.3 Å². The summed E-state index contributed by atoms with van der Waals surface area (Å²) in [5, 5.41) is 9.10. The van der Waals surface area contributed by atoms with E-state index in [-0.39, 0.29) is 0 Å². The topological polar surface area (TPSA) is 47.0 Å². The van der Waals surface area contributed by atoms with Crippen molar-refractivity contribution in [2.75, 3.05) is 19.2 Å². The number of para-hydroxylation sites is 1. The Balaban J connectivity index is 1.42. The van der Waals surface area contributed by atoms with Crippen LogP contribution in [-0.4, -0.2) is 25.4 Å². The number of methoxy groups -OCH3 is 1.